The Morgan fingerprint density at radius 1 is 1.29 bits per heavy atom. The fourth-order valence-electron chi connectivity index (χ4n) is 3.01. The third kappa shape index (κ3) is 5.67. The van der Waals surface area contributed by atoms with Crippen LogP contribution in [0.5, 0.6) is 0 Å². The number of rotatable bonds is 8. The smallest absolute Gasteiger partial charge is 0.129 e. The second kappa shape index (κ2) is 7.86. The number of hydrogen-bond donors (Lipinski definition) is 0. The van der Waals surface area contributed by atoms with Gasteiger partial charge in [0.05, 0.1) is 0 Å². The van der Waals surface area contributed by atoms with Crippen LogP contribution >= 0.6 is 0 Å². The molecule has 0 aromatic rings. The lowest BCUT2D eigenvalue weighted by Crippen LogP contribution is -2.28. The van der Waals surface area contributed by atoms with Crippen molar-refractivity contribution in [1.29, 1.82) is 0 Å². The van der Waals surface area contributed by atoms with E-state index >= 15 is 0 Å². The minimum atomic E-state index is 0.336. The van der Waals surface area contributed by atoms with Gasteiger partial charge in [0.25, 0.3) is 0 Å². The summed E-state index contributed by atoms with van der Waals surface area (Å²) in [6, 6.07) is 0.777. The molecule has 1 aliphatic heterocycles. The molecule has 2 heteroatoms. The Hall–Kier alpha value is -0.370. The van der Waals surface area contributed by atoms with E-state index in [0.717, 1.165) is 24.8 Å². The van der Waals surface area contributed by atoms with Crippen LogP contribution in [0.2, 0.25) is 0 Å². The summed E-state index contributed by atoms with van der Waals surface area (Å²) < 4.78 is 0. The molecule has 2 nitrogen and oxygen atoms in total. The number of unbranched alkanes of at least 4 members (excludes halogenated alkanes) is 2. The Morgan fingerprint density at radius 3 is 2.71 bits per heavy atom. The van der Waals surface area contributed by atoms with Crippen LogP contribution in [0.1, 0.15) is 65.7 Å². The van der Waals surface area contributed by atoms with Crippen LogP contribution in [0.25, 0.3) is 0 Å². The summed E-state index contributed by atoms with van der Waals surface area (Å²) in [5.74, 6) is 1.27. The Balaban J connectivity index is 2.09. The van der Waals surface area contributed by atoms with Crippen LogP contribution < -0.4 is 0 Å². The van der Waals surface area contributed by atoms with Crippen molar-refractivity contribution in [2.24, 2.45) is 5.92 Å². The van der Waals surface area contributed by atoms with Crippen molar-refractivity contribution in [2.45, 2.75) is 71.8 Å². The molecule has 1 heterocycles. The predicted molar refractivity (Wildman–Crippen MR) is 73.2 cm³/mol. The molecule has 2 atom stereocenters. The molecule has 0 aromatic heterocycles. The van der Waals surface area contributed by atoms with Crippen LogP contribution in [0.4, 0.5) is 0 Å². The molecule has 1 saturated heterocycles. The van der Waals surface area contributed by atoms with Gasteiger partial charge in [-0.1, -0.05) is 19.8 Å². The summed E-state index contributed by atoms with van der Waals surface area (Å²) >= 11 is 0. The molecular formula is C15H29NO. The third-order valence-electron chi connectivity index (χ3n) is 3.96. The van der Waals surface area contributed by atoms with Gasteiger partial charge in [-0.2, -0.15) is 0 Å². The molecule has 1 rings (SSSR count). The molecule has 0 aromatic carbocycles. The van der Waals surface area contributed by atoms with Crippen molar-refractivity contribution in [3.05, 3.63) is 0 Å². The van der Waals surface area contributed by atoms with Gasteiger partial charge in [0.15, 0.2) is 0 Å². The van der Waals surface area contributed by atoms with Gasteiger partial charge in [0.1, 0.15) is 5.78 Å². The normalized spacial score (nSPS) is 25.4. The Morgan fingerprint density at radius 2 is 2.06 bits per heavy atom. The first-order valence-electron chi connectivity index (χ1n) is 7.37. The quantitative estimate of drug-likeness (QED) is 0.603. The molecule has 0 bridgehead atoms. The number of likely N-dealkylation sites (tertiary alicyclic amines) is 1. The molecule has 1 fully saturated rings. The number of carbonyl (C=O) groups is 1. The van der Waals surface area contributed by atoms with Gasteiger partial charge in [0.2, 0.25) is 0 Å². The SMILES string of the molecule is CCCC1CC(C)N(CCCCCC(C)=O)C1. The number of carbonyl (C=O) groups excluding carboxylic acids is 1. The zero-order chi connectivity index (χ0) is 12.7. The first kappa shape index (κ1) is 14.7. The summed E-state index contributed by atoms with van der Waals surface area (Å²) in [7, 11) is 0. The molecule has 100 valence electrons. The van der Waals surface area contributed by atoms with E-state index in [4.69, 9.17) is 0 Å². The fourth-order valence-corrected chi connectivity index (χ4v) is 3.01. The second-order valence-electron chi connectivity index (χ2n) is 5.75. The predicted octanol–water partition coefficient (Wildman–Crippen LogP) is 3.65. The maximum atomic E-state index is 10.8. The first-order chi connectivity index (χ1) is 8.13. The van der Waals surface area contributed by atoms with Gasteiger partial charge >= 0.3 is 0 Å². The van der Waals surface area contributed by atoms with Gasteiger partial charge in [-0.15, -0.1) is 0 Å². The molecule has 0 aliphatic carbocycles. The van der Waals surface area contributed by atoms with Crippen molar-refractivity contribution in [3.8, 4) is 0 Å². The minimum absolute atomic E-state index is 0.336. The van der Waals surface area contributed by atoms with E-state index in [1.54, 1.807) is 6.92 Å². The van der Waals surface area contributed by atoms with Crippen molar-refractivity contribution < 1.29 is 4.79 Å². The molecule has 0 N–H and O–H groups in total. The van der Waals surface area contributed by atoms with Gasteiger partial charge < -0.3 is 9.69 Å². The summed E-state index contributed by atoms with van der Waals surface area (Å²) in [5.41, 5.74) is 0. The average molecular weight is 239 g/mol. The van der Waals surface area contributed by atoms with Crippen LogP contribution in [-0.2, 0) is 4.79 Å². The summed E-state index contributed by atoms with van der Waals surface area (Å²) in [4.78, 5) is 13.5. The summed E-state index contributed by atoms with van der Waals surface area (Å²) in [6.07, 6.45) is 8.43. The second-order valence-corrected chi connectivity index (χ2v) is 5.75. The first-order valence-corrected chi connectivity index (χ1v) is 7.37. The zero-order valence-electron chi connectivity index (χ0n) is 11.9. The van der Waals surface area contributed by atoms with Crippen LogP contribution in [0, 0.1) is 5.92 Å². The highest BCUT2D eigenvalue weighted by molar-refractivity contribution is 5.75. The average Bonchev–Trinajstić information content (AvgIpc) is 2.59. The summed E-state index contributed by atoms with van der Waals surface area (Å²) in [5, 5.41) is 0. The van der Waals surface area contributed by atoms with Gasteiger partial charge in [-0.25, -0.2) is 0 Å². The maximum absolute atomic E-state index is 10.8. The topological polar surface area (TPSA) is 20.3 Å². The fraction of sp³-hybridized carbons (Fsp3) is 0.933. The van der Waals surface area contributed by atoms with Crippen LogP contribution in [0.3, 0.4) is 0 Å². The minimum Gasteiger partial charge on any atom is -0.300 e. The molecule has 0 spiro atoms. The molecular weight excluding hydrogens is 210 g/mol. The molecule has 0 radical (unpaired) electrons. The van der Waals surface area contributed by atoms with E-state index in [1.165, 1.54) is 45.2 Å². The molecule has 17 heavy (non-hydrogen) atoms. The molecule has 0 amide bonds. The maximum Gasteiger partial charge on any atom is 0.129 e. The summed E-state index contributed by atoms with van der Waals surface area (Å²) in [6.45, 7) is 8.89. The zero-order valence-corrected chi connectivity index (χ0v) is 11.9. The molecule has 2 unspecified atom stereocenters. The number of nitrogens with zero attached hydrogens (tertiary/aromatic N) is 1. The van der Waals surface area contributed by atoms with Gasteiger partial charge in [-0.3, -0.25) is 0 Å². The lowest BCUT2D eigenvalue weighted by molar-refractivity contribution is -0.117. The van der Waals surface area contributed by atoms with Crippen LogP contribution in [0.15, 0.2) is 0 Å². The number of Topliss-reactive ketones (excluding diaryl/α,β-unsaturated/α-hetero) is 1. The number of hydrogen-bond acceptors (Lipinski definition) is 2. The van der Waals surface area contributed by atoms with E-state index < -0.39 is 0 Å². The third-order valence-corrected chi connectivity index (χ3v) is 3.96. The molecule has 0 saturated carbocycles. The Kier molecular flexibility index (Phi) is 6.79. The van der Waals surface area contributed by atoms with Gasteiger partial charge in [-0.05, 0) is 52.0 Å². The van der Waals surface area contributed by atoms with E-state index in [-0.39, 0.29) is 0 Å². The highest BCUT2D eigenvalue weighted by atomic mass is 16.1. The standard InChI is InChI=1S/C15H29NO/c1-4-8-15-11-13(2)16(12-15)10-7-5-6-9-14(3)17/h13,15H,4-12H2,1-3H3. The van der Waals surface area contributed by atoms with E-state index in [1.807, 2.05) is 0 Å². The van der Waals surface area contributed by atoms with Gasteiger partial charge in [0, 0.05) is 19.0 Å². The van der Waals surface area contributed by atoms with Crippen LogP contribution in [-0.4, -0.2) is 29.8 Å². The lowest BCUT2D eigenvalue weighted by atomic mass is 10.0. The van der Waals surface area contributed by atoms with Crippen molar-refractivity contribution in [3.63, 3.8) is 0 Å². The number of ketones is 1. The monoisotopic (exact) mass is 239 g/mol. The van der Waals surface area contributed by atoms with Crippen molar-refractivity contribution in [2.75, 3.05) is 13.1 Å². The van der Waals surface area contributed by atoms with E-state index in [2.05, 4.69) is 18.7 Å². The molecule has 1 aliphatic rings. The van der Waals surface area contributed by atoms with E-state index in [9.17, 15) is 4.79 Å². The highest BCUT2D eigenvalue weighted by Crippen LogP contribution is 2.26. The Labute approximate surface area is 107 Å². The van der Waals surface area contributed by atoms with E-state index in [0.29, 0.717) is 5.78 Å². The van der Waals surface area contributed by atoms with Crippen molar-refractivity contribution in [1.82, 2.24) is 4.90 Å². The lowest BCUT2D eigenvalue weighted by Gasteiger charge is -2.20. The highest BCUT2D eigenvalue weighted by Gasteiger charge is 2.27. The van der Waals surface area contributed by atoms with Crippen molar-refractivity contribution >= 4 is 5.78 Å². The Bertz CT molecular complexity index is 227. The largest absolute Gasteiger partial charge is 0.300 e.